The van der Waals surface area contributed by atoms with E-state index >= 15 is 0 Å². The van der Waals surface area contributed by atoms with Gasteiger partial charge >= 0.3 is 0 Å². The Labute approximate surface area is 116 Å². The Kier molecular flexibility index (Phi) is 3.78. The number of hydrogen-bond acceptors (Lipinski definition) is 2. The Hall–Kier alpha value is -1.75. The van der Waals surface area contributed by atoms with Crippen molar-refractivity contribution in [1.29, 1.82) is 0 Å². The number of aromatic nitrogens is 2. The molecule has 0 spiro atoms. The van der Waals surface area contributed by atoms with Crippen LogP contribution in [-0.4, -0.2) is 15.6 Å². The molecule has 0 amide bonds. The molecule has 106 valence electrons. The van der Waals surface area contributed by atoms with Crippen LogP contribution in [0, 0.1) is 11.6 Å². The fraction of sp³-hybridized carbons (Fsp3) is 0.400. The Bertz CT molecular complexity index is 569. The summed E-state index contributed by atoms with van der Waals surface area (Å²) in [5.74, 6) is -1.59. The fourth-order valence-corrected chi connectivity index (χ4v) is 2.90. The molecule has 1 N–H and O–H groups in total. The van der Waals surface area contributed by atoms with Gasteiger partial charge in [0.2, 0.25) is 0 Å². The van der Waals surface area contributed by atoms with Crippen LogP contribution in [0.25, 0.3) is 0 Å². The highest BCUT2D eigenvalue weighted by Crippen LogP contribution is 2.30. The van der Waals surface area contributed by atoms with E-state index in [0.717, 1.165) is 24.8 Å². The van der Waals surface area contributed by atoms with Crippen molar-refractivity contribution in [2.24, 2.45) is 0 Å². The van der Waals surface area contributed by atoms with Crippen LogP contribution in [0.1, 0.15) is 30.9 Å². The molecule has 0 bridgehead atoms. The molecule has 2 aromatic rings. The minimum absolute atomic E-state index is 0.345. The summed E-state index contributed by atoms with van der Waals surface area (Å²) in [4.78, 5) is 4.08. The molecule has 1 aromatic carbocycles. The molecule has 0 aliphatic heterocycles. The van der Waals surface area contributed by atoms with Crippen LogP contribution in [0.2, 0.25) is 0 Å². The van der Waals surface area contributed by atoms with Crippen LogP contribution in [0.15, 0.2) is 36.9 Å². The predicted molar refractivity (Wildman–Crippen MR) is 72.1 cm³/mol. The smallest absolute Gasteiger partial charge is 0.159 e. The first-order valence-electron chi connectivity index (χ1n) is 6.89. The van der Waals surface area contributed by atoms with Gasteiger partial charge in [-0.1, -0.05) is 6.07 Å². The second-order valence-corrected chi connectivity index (χ2v) is 5.24. The molecule has 3 rings (SSSR count). The van der Waals surface area contributed by atoms with Gasteiger partial charge < -0.3 is 9.88 Å². The highest BCUT2D eigenvalue weighted by molar-refractivity contribution is 5.17. The number of hydrogen-bond donors (Lipinski definition) is 1. The molecule has 3 nitrogen and oxygen atoms in total. The monoisotopic (exact) mass is 277 g/mol. The van der Waals surface area contributed by atoms with Crippen LogP contribution in [0.3, 0.4) is 0 Å². The minimum atomic E-state index is -0.800. The second-order valence-electron chi connectivity index (χ2n) is 5.24. The maximum Gasteiger partial charge on any atom is 0.159 e. The molecular formula is C15H17F2N3. The molecule has 2 atom stereocenters. The molecule has 5 heteroatoms. The zero-order valence-corrected chi connectivity index (χ0v) is 11.1. The molecule has 0 saturated heterocycles. The summed E-state index contributed by atoms with van der Waals surface area (Å²) in [6.45, 7) is 0.549. The van der Waals surface area contributed by atoms with Crippen molar-refractivity contribution in [2.75, 3.05) is 0 Å². The lowest BCUT2D eigenvalue weighted by Crippen LogP contribution is -2.33. The van der Waals surface area contributed by atoms with Crippen LogP contribution in [-0.2, 0) is 6.54 Å². The van der Waals surface area contributed by atoms with E-state index in [4.69, 9.17) is 0 Å². The zero-order chi connectivity index (χ0) is 13.9. The van der Waals surface area contributed by atoms with E-state index in [1.54, 1.807) is 12.3 Å². The summed E-state index contributed by atoms with van der Waals surface area (Å²) in [7, 11) is 0. The largest absolute Gasteiger partial charge is 0.333 e. The third kappa shape index (κ3) is 2.72. The SMILES string of the molecule is Fc1ccc(CNC2CCCC2n2ccnc2)cc1F. The van der Waals surface area contributed by atoms with Crippen molar-refractivity contribution < 1.29 is 8.78 Å². The summed E-state index contributed by atoms with van der Waals surface area (Å²) in [6.07, 6.45) is 8.96. The van der Waals surface area contributed by atoms with Crippen LogP contribution < -0.4 is 5.32 Å². The lowest BCUT2D eigenvalue weighted by molar-refractivity contribution is 0.390. The van der Waals surface area contributed by atoms with Gasteiger partial charge in [-0.25, -0.2) is 13.8 Å². The molecule has 2 unspecified atom stereocenters. The van der Waals surface area contributed by atoms with Crippen molar-refractivity contribution in [3.05, 3.63) is 54.1 Å². The normalized spacial score (nSPS) is 22.3. The first-order valence-corrected chi connectivity index (χ1v) is 6.89. The molecule has 1 aromatic heterocycles. The van der Waals surface area contributed by atoms with Crippen molar-refractivity contribution in [1.82, 2.24) is 14.9 Å². The van der Waals surface area contributed by atoms with Gasteiger partial charge in [0.15, 0.2) is 11.6 Å². The topological polar surface area (TPSA) is 29.9 Å². The molecular weight excluding hydrogens is 260 g/mol. The Morgan fingerprint density at radius 2 is 2.15 bits per heavy atom. The van der Waals surface area contributed by atoms with E-state index in [1.807, 2.05) is 12.5 Å². The van der Waals surface area contributed by atoms with E-state index < -0.39 is 11.6 Å². The van der Waals surface area contributed by atoms with Gasteiger partial charge in [0.1, 0.15) is 0 Å². The fourth-order valence-electron chi connectivity index (χ4n) is 2.90. The van der Waals surface area contributed by atoms with E-state index in [9.17, 15) is 8.78 Å². The molecule has 1 aliphatic carbocycles. The molecule has 1 heterocycles. The zero-order valence-electron chi connectivity index (χ0n) is 11.1. The van der Waals surface area contributed by atoms with Crippen LogP contribution in [0.5, 0.6) is 0 Å². The average molecular weight is 277 g/mol. The number of benzene rings is 1. The Morgan fingerprint density at radius 1 is 1.25 bits per heavy atom. The number of halogens is 2. The summed E-state index contributed by atoms with van der Waals surface area (Å²) in [5.41, 5.74) is 0.764. The summed E-state index contributed by atoms with van der Waals surface area (Å²) in [5, 5.41) is 3.45. The molecule has 20 heavy (non-hydrogen) atoms. The second kappa shape index (κ2) is 5.71. The summed E-state index contributed by atoms with van der Waals surface area (Å²) < 4.78 is 28.2. The Morgan fingerprint density at radius 3 is 2.90 bits per heavy atom. The van der Waals surface area contributed by atoms with E-state index in [-0.39, 0.29) is 0 Å². The van der Waals surface area contributed by atoms with Gasteiger partial charge in [-0.3, -0.25) is 0 Å². The highest BCUT2D eigenvalue weighted by atomic mass is 19.2. The number of imidazole rings is 1. The third-order valence-electron chi connectivity index (χ3n) is 3.94. The summed E-state index contributed by atoms with van der Waals surface area (Å²) in [6, 6.07) is 4.78. The standard InChI is InChI=1S/C15H17F2N3/c16-12-5-4-11(8-13(12)17)9-19-14-2-1-3-15(14)20-7-6-18-10-20/h4-8,10,14-15,19H,1-3,9H2. The van der Waals surface area contributed by atoms with E-state index in [2.05, 4.69) is 14.9 Å². The maximum absolute atomic E-state index is 13.2. The van der Waals surface area contributed by atoms with Gasteiger partial charge in [-0.2, -0.15) is 0 Å². The number of rotatable bonds is 4. The van der Waals surface area contributed by atoms with E-state index in [0.29, 0.717) is 18.6 Å². The molecule has 0 radical (unpaired) electrons. The lowest BCUT2D eigenvalue weighted by Gasteiger charge is -2.22. The quantitative estimate of drug-likeness (QED) is 0.931. The highest BCUT2D eigenvalue weighted by Gasteiger charge is 2.27. The number of nitrogens with zero attached hydrogens (tertiary/aromatic N) is 2. The van der Waals surface area contributed by atoms with Gasteiger partial charge in [0.25, 0.3) is 0 Å². The Balaban J connectivity index is 1.64. The first-order chi connectivity index (χ1) is 9.74. The third-order valence-corrected chi connectivity index (χ3v) is 3.94. The maximum atomic E-state index is 13.2. The van der Waals surface area contributed by atoms with Crippen molar-refractivity contribution in [3.8, 4) is 0 Å². The van der Waals surface area contributed by atoms with Crippen LogP contribution >= 0.6 is 0 Å². The van der Waals surface area contributed by atoms with Gasteiger partial charge in [-0.05, 0) is 37.0 Å². The van der Waals surface area contributed by atoms with Crippen molar-refractivity contribution in [2.45, 2.75) is 37.9 Å². The molecule has 1 fully saturated rings. The van der Waals surface area contributed by atoms with Gasteiger partial charge in [0.05, 0.1) is 6.33 Å². The van der Waals surface area contributed by atoms with E-state index in [1.165, 1.54) is 12.1 Å². The van der Waals surface area contributed by atoms with Gasteiger partial charge in [0, 0.05) is 31.0 Å². The predicted octanol–water partition coefficient (Wildman–Crippen LogP) is 3.04. The minimum Gasteiger partial charge on any atom is -0.333 e. The number of nitrogens with one attached hydrogen (secondary N) is 1. The van der Waals surface area contributed by atoms with Crippen molar-refractivity contribution in [3.63, 3.8) is 0 Å². The average Bonchev–Trinajstić information content (AvgIpc) is 3.09. The van der Waals surface area contributed by atoms with Gasteiger partial charge in [-0.15, -0.1) is 0 Å². The lowest BCUT2D eigenvalue weighted by atomic mass is 10.1. The first kappa shape index (κ1) is 13.2. The summed E-state index contributed by atoms with van der Waals surface area (Å²) >= 11 is 0. The van der Waals surface area contributed by atoms with Crippen molar-refractivity contribution >= 4 is 0 Å². The van der Waals surface area contributed by atoms with Crippen LogP contribution in [0.4, 0.5) is 8.78 Å². The molecule has 1 aliphatic rings. The molecule has 1 saturated carbocycles.